The van der Waals surface area contributed by atoms with E-state index in [9.17, 15) is 40.5 Å². The Bertz CT molecular complexity index is 1250. The van der Waals surface area contributed by atoms with E-state index in [4.69, 9.17) is 9.47 Å². The van der Waals surface area contributed by atoms with E-state index in [1.54, 1.807) is 12.1 Å². The standard InChI is InChI=1S/2C17H26N2O5/c2*1-17(2,3)19(18-23)9-12(20)10-24-16-6-4-5-11-7-14(21)15(22)8-13(11)16/h2*4-6,12,14-15,20-22H,7-10H2,1-3H3/t2*12?,14-,15+/m10/s1. The molecule has 2 unspecified atom stereocenters. The lowest BCUT2D eigenvalue weighted by Crippen LogP contribution is -2.43. The number of aliphatic hydroxyl groups excluding tert-OH is 6. The van der Waals surface area contributed by atoms with E-state index in [0.717, 1.165) is 22.3 Å². The summed E-state index contributed by atoms with van der Waals surface area (Å²) in [4.78, 5) is 21.8. The molecule has 2 aromatic rings. The highest BCUT2D eigenvalue weighted by Crippen LogP contribution is 2.31. The number of benzene rings is 2. The predicted molar refractivity (Wildman–Crippen MR) is 179 cm³/mol. The van der Waals surface area contributed by atoms with Crippen LogP contribution in [0, 0.1) is 9.81 Å². The molecule has 0 radical (unpaired) electrons. The van der Waals surface area contributed by atoms with Crippen molar-refractivity contribution in [2.45, 2.75) is 115 Å². The second-order valence-corrected chi connectivity index (χ2v) is 14.5. The molecule has 0 saturated carbocycles. The highest BCUT2D eigenvalue weighted by Gasteiger charge is 2.30. The number of rotatable bonds is 12. The molecule has 6 atom stereocenters. The van der Waals surface area contributed by atoms with Crippen molar-refractivity contribution in [3.05, 3.63) is 68.5 Å². The molecule has 2 aliphatic carbocycles. The topological polar surface area (TPSA) is 205 Å². The zero-order chi connectivity index (χ0) is 35.8. The van der Waals surface area contributed by atoms with Gasteiger partial charge < -0.3 is 40.1 Å². The zero-order valence-electron chi connectivity index (χ0n) is 28.7. The molecule has 6 N–H and O–H groups in total. The first kappa shape index (κ1) is 39.0. The van der Waals surface area contributed by atoms with Gasteiger partial charge in [-0.25, -0.2) is 0 Å². The number of nitroso groups, excluding NO2 is 2. The fourth-order valence-electron chi connectivity index (χ4n) is 5.49. The third-order valence-corrected chi connectivity index (χ3v) is 8.41. The number of hydrogen-bond acceptors (Lipinski definition) is 12. The number of ether oxygens (including phenoxy) is 2. The van der Waals surface area contributed by atoms with Gasteiger partial charge in [0.15, 0.2) is 0 Å². The van der Waals surface area contributed by atoms with Crippen molar-refractivity contribution in [2.24, 2.45) is 10.6 Å². The summed E-state index contributed by atoms with van der Waals surface area (Å²) >= 11 is 0. The summed E-state index contributed by atoms with van der Waals surface area (Å²) in [5, 5.41) is 67.9. The van der Waals surface area contributed by atoms with Crippen molar-refractivity contribution >= 4 is 0 Å². The van der Waals surface area contributed by atoms with Crippen LogP contribution in [0.1, 0.15) is 63.8 Å². The third kappa shape index (κ3) is 10.8. The van der Waals surface area contributed by atoms with E-state index < -0.39 is 47.7 Å². The SMILES string of the molecule is CC(C)(C)N(CC(O)COc1cccc2c1C[C@@H](O)[C@@H](O)C2)N=O.CC(C)(C)N(CC(O)COc1cccc2c1C[C@H](O)[C@H](O)C2)N=O. The molecule has 0 heterocycles. The zero-order valence-corrected chi connectivity index (χ0v) is 28.7. The Morgan fingerprint density at radius 3 is 1.29 bits per heavy atom. The molecular formula is C34H52N4O10. The fourth-order valence-corrected chi connectivity index (χ4v) is 5.49. The maximum atomic E-state index is 10.9. The molecule has 0 spiro atoms. The minimum atomic E-state index is -0.878. The van der Waals surface area contributed by atoms with Gasteiger partial charge in [-0.05, 0) is 64.8 Å². The molecule has 268 valence electrons. The smallest absolute Gasteiger partial charge is 0.123 e. The van der Waals surface area contributed by atoms with Crippen LogP contribution in [0.5, 0.6) is 11.5 Å². The van der Waals surface area contributed by atoms with Crippen LogP contribution in [-0.4, -0.2) is 115 Å². The van der Waals surface area contributed by atoms with Crippen LogP contribution in [0.25, 0.3) is 0 Å². The molecule has 0 aromatic heterocycles. The molecule has 14 nitrogen and oxygen atoms in total. The minimum absolute atomic E-state index is 0.0111. The van der Waals surface area contributed by atoms with Crippen LogP contribution in [0.3, 0.4) is 0 Å². The lowest BCUT2D eigenvalue weighted by molar-refractivity contribution is 0.0123. The summed E-state index contributed by atoms with van der Waals surface area (Å²) < 4.78 is 11.4. The second kappa shape index (κ2) is 16.8. The van der Waals surface area contributed by atoms with Crippen LogP contribution in [0.15, 0.2) is 47.0 Å². The van der Waals surface area contributed by atoms with Gasteiger partial charge in [0.1, 0.15) is 36.9 Å². The monoisotopic (exact) mass is 676 g/mol. The quantitative estimate of drug-likeness (QED) is 0.141. The summed E-state index contributed by atoms with van der Waals surface area (Å²) in [7, 11) is 0. The van der Waals surface area contributed by atoms with Crippen LogP contribution in [-0.2, 0) is 25.7 Å². The van der Waals surface area contributed by atoms with Crippen molar-refractivity contribution in [3.8, 4) is 11.5 Å². The van der Waals surface area contributed by atoms with Gasteiger partial charge in [-0.1, -0.05) is 24.3 Å². The summed E-state index contributed by atoms with van der Waals surface area (Å²) in [6, 6.07) is 11.0. The number of aliphatic hydroxyl groups is 6. The van der Waals surface area contributed by atoms with Gasteiger partial charge in [-0.3, -0.25) is 10.0 Å². The van der Waals surface area contributed by atoms with Crippen LogP contribution >= 0.6 is 0 Å². The molecule has 2 aromatic carbocycles. The van der Waals surface area contributed by atoms with Gasteiger partial charge in [0.25, 0.3) is 0 Å². The van der Waals surface area contributed by atoms with Gasteiger partial charge in [-0.15, -0.1) is 9.81 Å². The summed E-state index contributed by atoms with van der Waals surface area (Å²) in [6.45, 7) is 11.2. The molecule has 48 heavy (non-hydrogen) atoms. The lowest BCUT2D eigenvalue weighted by Gasteiger charge is -2.31. The molecule has 14 heteroatoms. The molecule has 0 amide bonds. The number of fused-ring (bicyclic) bond motifs is 2. The Labute approximate surface area is 281 Å². The number of hydrogen-bond donors (Lipinski definition) is 6. The average Bonchev–Trinajstić information content (AvgIpc) is 3.00. The molecule has 0 aliphatic heterocycles. The number of β-amino-alcohol motifs (C(OH)–C–C–N with tert-alkyl or cyclic N) is 2. The van der Waals surface area contributed by atoms with Gasteiger partial charge in [0.2, 0.25) is 0 Å². The van der Waals surface area contributed by atoms with Crippen molar-refractivity contribution in [1.29, 1.82) is 0 Å². The number of nitrogens with zero attached hydrogens (tertiary/aromatic N) is 4. The molecule has 0 bridgehead atoms. The Kier molecular flexibility index (Phi) is 13.7. The minimum Gasteiger partial charge on any atom is -0.491 e. The molecule has 0 saturated heterocycles. The van der Waals surface area contributed by atoms with Crippen LogP contribution in [0.2, 0.25) is 0 Å². The van der Waals surface area contributed by atoms with Crippen LogP contribution < -0.4 is 9.47 Å². The Balaban J connectivity index is 0.000000260. The van der Waals surface area contributed by atoms with Crippen molar-refractivity contribution in [2.75, 3.05) is 26.3 Å². The normalized spacial score (nSPS) is 21.8. The van der Waals surface area contributed by atoms with Gasteiger partial charge in [0, 0.05) is 36.8 Å². The van der Waals surface area contributed by atoms with Crippen molar-refractivity contribution < 1.29 is 40.1 Å². The second-order valence-electron chi connectivity index (χ2n) is 14.5. The maximum absolute atomic E-state index is 10.9. The van der Waals surface area contributed by atoms with Gasteiger partial charge >= 0.3 is 0 Å². The average molecular weight is 677 g/mol. The Morgan fingerprint density at radius 2 is 0.979 bits per heavy atom. The molecule has 4 rings (SSSR count). The highest BCUT2D eigenvalue weighted by atomic mass is 16.5. The summed E-state index contributed by atoms with van der Waals surface area (Å²) in [5.74, 6) is 1.16. The first-order valence-corrected chi connectivity index (χ1v) is 16.2. The van der Waals surface area contributed by atoms with Gasteiger partial charge in [-0.2, -0.15) is 0 Å². The summed E-state index contributed by atoms with van der Waals surface area (Å²) in [5.41, 5.74) is 2.62. The molecule has 0 fully saturated rings. The Morgan fingerprint density at radius 1 is 0.646 bits per heavy atom. The maximum Gasteiger partial charge on any atom is 0.123 e. The molecule has 2 aliphatic rings. The Hall–Kier alpha value is -3.40. The van der Waals surface area contributed by atoms with E-state index in [1.807, 2.05) is 65.8 Å². The largest absolute Gasteiger partial charge is 0.491 e. The van der Waals surface area contributed by atoms with Crippen molar-refractivity contribution in [3.63, 3.8) is 0 Å². The van der Waals surface area contributed by atoms with E-state index in [2.05, 4.69) is 10.6 Å². The van der Waals surface area contributed by atoms with Crippen molar-refractivity contribution in [1.82, 2.24) is 10.0 Å². The van der Waals surface area contributed by atoms with E-state index in [0.29, 0.717) is 37.2 Å². The van der Waals surface area contributed by atoms with E-state index in [1.165, 1.54) is 10.0 Å². The first-order valence-electron chi connectivity index (χ1n) is 16.2. The summed E-state index contributed by atoms with van der Waals surface area (Å²) in [6.07, 6.45) is -3.54. The third-order valence-electron chi connectivity index (χ3n) is 8.41. The van der Waals surface area contributed by atoms with Crippen LogP contribution in [0.4, 0.5) is 0 Å². The fraction of sp³-hybridized carbons (Fsp3) is 0.647. The lowest BCUT2D eigenvalue weighted by atomic mass is 9.87. The highest BCUT2D eigenvalue weighted by molar-refractivity contribution is 5.44. The van der Waals surface area contributed by atoms with E-state index in [-0.39, 0.29) is 26.3 Å². The van der Waals surface area contributed by atoms with Gasteiger partial charge in [0.05, 0.1) is 59.2 Å². The van der Waals surface area contributed by atoms with E-state index >= 15 is 0 Å². The molecular weight excluding hydrogens is 624 g/mol. The first-order chi connectivity index (χ1) is 22.4. The predicted octanol–water partition coefficient (Wildman–Crippen LogP) is 2.06.